The molecule has 0 unspecified atom stereocenters. The summed E-state index contributed by atoms with van der Waals surface area (Å²) < 4.78 is 32.4. The lowest BCUT2D eigenvalue weighted by Gasteiger charge is -2.33. The van der Waals surface area contributed by atoms with Gasteiger partial charge in [-0.2, -0.15) is 4.72 Å². The van der Waals surface area contributed by atoms with Crippen molar-refractivity contribution in [3.8, 4) is 0 Å². The van der Waals surface area contributed by atoms with Crippen LogP contribution in [0.2, 0.25) is 0 Å². The van der Waals surface area contributed by atoms with E-state index in [2.05, 4.69) is 10.0 Å². The van der Waals surface area contributed by atoms with Crippen LogP contribution in [0.3, 0.4) is 0 Å². The second-order valence-corrected chi connectivity index (χ2v) is 10.7. The molecule has 0 saturated carbocycles. The smallest absolute Gasteiger partial charge is 0.328 e. The fourth-order valence-corrected chi connectivity index (χ4v) is 5.02. The summed E-state index contributed by atoms with van der Waals surface area (Å²) in [6.07, 6.45) is 1.35. The first kappa shape index (κ1) is 26.8. The Morgan fingerprint density at radius 3 is 2.18 bits per heavy atom. The van der Waals surface area contributed by atoms with E-state index in [0.29, 0.717) is 32.4 Å². The van der Waals surface area contributed by atoms with Crippen LogP contribution < -0.4 is 10.0 Å². The van der Waals surface area contributed by atoms with E-state index in [4.69, 9.17) is 4.74 Å². The summed E-state index contributed by atoms with van der Waals surface area (Å²) in [7, 11) is -2.53. The van der Waals surface area contributed by atoms with Crippen molar-refractivity contribution < 1.29 is 27.5 Å². The molecule has 2 atom stereocenters. The molecule has 1 aliphatic rings. The van der Waals surface area contributed by atoms with Gasteiger partial charge in [0, 0.05) is 19.0 Å². The summed E-state index contributed by atoms with van der Waals surface area (Å²) in [5.74, 6) is -1.16. The van der Waals surface area contributed by atoms with Crippen LogP contribution in [0, 0.1) is 18.8 Å². The molecule has 0 aliphatic carbocycles. The van der Waals surface area contributed by atoms with Gasteiger partial charge < -0.3 is 15.0 Å². The van der Waals surface area contributed by atoms with Gasteiger partial charge >= 0.3 is 5.97 Å². The third-order valence-electron chi connectivity index (χ3n) is 5.72. The first-order valence-corrected chi connectivity index (χ1v) is 12.7. The molecule has 0 radical (unpaired) electrons. The van der Waals surface area contributed by atoms with Crippen LogP contribution in [0.15, 0.2) is 29.2 Å². The highest BCUT2D eigenvalue weighted by Crippen LogP contribution is 2.20. The number of likely N-dealkylation sites (tertiary alicyclic amines) is 1. The molecule has 0 bridgehead atoms. The number of hydrogen-bond acceptors (Lipinski definition) is 6. The van der Waals surface area contributed by atoms with Crippen molar-refractivity contribution in [1.29, 1.82) is 0 Å². The Morgan fingerprint density at radius 1 is 1.09 bits per heavy atom. The quantitative estimate of drug-likeness (QED) is 0.517. The van der Waals surface area contributed by atoms with E-state index in [9.17, 15) is 22.8 Å². The summed E-state index contributed by atoms with van der Waals surface area (Å²) in [6, 6.07) is 4.76. The summed E-state index contributed by atoms with van der Waals surface area (Å²) in [6.45, 7) is 7.96. The van der Waals surface area contributed by atoms with E-state index in [1.807, 2.05) is 20.8 Å². The monoisotopic (exact) mass is 481 g/mol. The Labute approximate surface area is 196 Å². The largest absolute Gasteiger partial charge is 0.467 e. The standard InChI is InChI=1S/C23H35N3O6S/c1-15(2)14-20(23(29)32-5)24-21(27)18-10-12-26(13-11-18)22(28)17(4)25-33(30,31)19-8-6-16(3)7-9-19/h6-9,15,17-18,20,25H,10-14H2,1-5H3,(H,24,27)/t17-,20-/m1/s1. The Hall–Kier alpha value is -2.46. The van der Waals surface area contributed by atoms with Gasteiger partial charge in [0.15, 0.2) is 0 Å². The number of methoxy groups -OCH3 is 1. The van der Waals surface area contributed by atoms with Crippen molar-refractivity contribution >= 4 is 27.8 Å². The van der Waals surface area contributed by atoms with Gasteiger partial charge in [-0.05, 0) is 51.2 Å². The van der Waals surface area contributed by atoms with E-state index < -0.39 is 28.1 Å². The van der Waals surface area contributed by atoms with Crippen molar-refractivity contribution in [2.75, 3.05) is 20.2 Å². The highest BCUT2D eigenvalue weighted by atomic mass is 32.2. The molecule has 1 heterocycles. The second-order valence-electron chi connectivity index (χ2n) is 8.97. The van der Waals surface area contributed by atoms with E-state index >= 15 is 0 Å². The fourth-order valence-electron chi connectivity index (χ4n) is 3.82. The fraction of sp³-hybridized carbons (Fsp3) is 0.609. The minimum absolute atomic E-state index is 0.102. The second kappa shape index (κ2) is 11.6. The first-order valence-electron chi connectivity index (χ1n) is 11.2. The first-order chi connectivity index (χ1) is 15.4. The molecule has 1 aromatic carbocycles. The highest BCUT2D eigenvalue weighted by Gasteiger charge is 2.33. The van der Waals surface area contributed by atoms with Gasteiger partial charge in [0.2, 0.25) is 21.8 Å². The van der Waals surface area contributed by atoms with Gasteiger partial charge in [0.1, 0.15) is 6.04 Å². The lowest BCUT2D eigenvalue weighted by Crippen LogP contribution is -2.51. The van der Waals surface area contributed by atoms with Crippen LogP contribution in [0.4, 0.5) is 0 Å². The molecular formula is C23H35N3O6S. The molecule has 2 rings (SSSR count). The molecule has 1 aromatic rings. The number of sulfonamides is 1. The SMILES string of the molecule is COC(=O)[C@@H](CC(C)C)NC(=O)C1CCN(C(=O)[C@@H](C)NS(=O)(=O)c2ccc(C)cc2)CC1. The number of aryl methyl sites for hydroxylation is 1. The van der Waals surface area contributed by atoms with Crippen LogP contribution in [0.5, 0.6) is 0 Å². The van der Waals surface area contributed by atoms with Crippen LogP contribution in [0.1, 0.15) is 45.6 Å². The zero-order valence-corrected chi connectivity index (χ0v) is 20.8. The maximum atomic E-state index is 12.8. The summed E-state index contributed by atoms with van der Waals surface area (Å²) in [5.41, 5.74) is 0.937. The molecule has 1 saturated heterocycles. The van der Waals surface area contributed by atoms with Gasteiger partial charge in [-0.3, -0.25) is 9.59 Å². The van der Waals surface area contributed by atoms with Gasteiger partial charge in [-0.1, -0.05) is 31.5 Å². The Balaban J connectivity index is 1.91. The van der Waals surface area contributed by atoms with Crippen LogP contribution in [0.25, 0.3) is 0 Å². The third-order valence-corrected chi connectivity index (χ3v) is 7.28. The van der Waals surface area contributed by atoms with Gasteiger partial charge in [0.05, 0.1) is 18.0 Å². The molecule has 0 aromatic heterocycles. The van der Waals surface area contributed by atoms with Crippen LogP contribution >= 0.6 is 0 Å². The van der Waals surface area contributed by atoms with Crippen molar-refractivity contribution in [2.24, 2.45) is 11.8 Å². The van der Waals surface area contributed by atoms with Crippen LogP contribution in [-0.2, 0) is 29.1 Å². The number of ether oxygens (including phenoxy) is 1. The summed E-state index contributed by atoms with van der Waals surface area (Å²) >= 11 is 0. The minimum atomic E-state index is -3.82. The average Bonchev–Trinajstić information content (AvgIpc) is 2.77. The average molecular weight is 482 g/mol. The number of hydrogen-bond donors (Lipinski definition) is 2. The van der Waals surface area contributed by atoms with Gasteiger partial charge in [-0.15, -0.1) is 0 Å². The van der Waals surface area contributed by atoms with E-state index in [1.165, 1.54) is 26.2 Å². The zero-order chi connectivity index (χ0) is 24.8. The lowest BCUT2D eigenvalue weighted by molar-refractivity contribution is -0.146. The predicted molar refractivity (Wildman–Crippen MR) is 124 cm³/mol. The summed E-state index contributed by atoms with van der Waals surface area (Å²) in [5, 5.41) is 2.78. The number of esters is 1. The molecule has 0 spiro atoms. The normalized spacial score (nSPS) is 16.8. The number of piperidine rings is 1. The minimum Gasteiger partial charge on any atom is -0.467 e. The molecule has 1 aliphatic heterocycles. The molecule has 2 amide bonds. The number of benzene rings is 1. The molecular weight excluding hydrogens is 446 g/mol. The molecule has 9 nitrogen and oxygen atoms in total. The molecule has 33 heavy (non-hydrogen) atoms. The predicted octanol–water partition coefficient (Wildman–Crippen LogP) is 1.60. The molecule has 2 N–H and O–H groups in total. The van der Waals surface area contributed by atoms with Crippen LogP contribution in [-0.4, -0.2) is 63.4 Å². The van der Waals surface area contributed by atoms with Crippen molar-refractivity contribution in [3.05, 3.63) is 29.8 Å². The number of nitrogens with zero attached hydrogens (tertiary/aromatic N) is 1. The molecule has 1 fully saturated rings. The lowest BCUT2D eigenvalue weighted by atomic mass is 9.94. The molecule has 184 valence electrons. The zero-order valence-electron chi connectivity index (χ0n) is 20.0. The van der Waals surface area contributed by atoms with Crippen molar-refractivity contribution in [1.82, 2.24) is 14.9 Å². The van der Waals surface area contributed by atoms with Crippen molar-refractivity contribution in [2.45, 2.75) is 63.9 Å². The number of nitrogens with one attached hydrogen (secondary N) is 2. The number of rotatable bonds is 9. The van der Waals surface area contributed by atoms with E-state index in [-0.39, 0.29) is 28.5 Å². The number of carbonyl (C=O) groups is 3. The third kappa shape index (κ3) is 7.53. The Morgan fingerprint density at radius 2 is 1.67 bits per heavy atom. The number of carbonyl (C=O) groups excluding carboxylic acids is 3. The number of amides is 2. The Kier molecular flexibility index (Phi) is 9.42. The molecule has 10 heteroatoms. The topological polar surface area (TPSA) is 122 Å². The maximum Gasteiger partial charge on any atom is 0.328 e. The van der Waals surface area contributed by atoms with Crippen molar-refractivity contribution in [3.63, 3.8) is 0 Å². The van der Waals surface area contributed by atoms with E-state index in [1.54, 1.807) is 17.0 Å². The Bertz CT molecular complexity index is 937. The highest BCUT2D eigenvalue weighted by molar-refractivity contribution is 7.89. The maximum absolute atomic E-state index is 12.8. The van der Waals surface area contributed by atoms with Gasteiger partial charge in [0.25, 0.3) is 0 Å². The van der Waals surface area contributed by atoms with Gasteiger partial charge in [-0.25, -0.2) is 13.2 Å². The van der Waals surface area contributed by atoms with E-state index in [0.717, 1.165) is 5.56 Å². The summed E-state index contributed by atoms with van der Waals surface area (Å²) in [4.78, 5) is 39.1.